The fourth-order valence-corrected chi connectivity index (χ4v) is 1.22. The lowest BCUT2D eigenvalue weighted by Crippen LogP contribution is -2.02. The van der Waals surface area contributed by atoms with Crippen LogP contribution in [0.2, 0.25) is 5.02 Å². The molecule has 0 spiro atoms. The third-order valence-electron chi connectivity index (χ3n) is 1.60. The zero-order valence-electron chi connectivity index (χ0n) is 7.03. The first-order chi connectivity index (χ1) is 6.06. The van der Waals surface area contributed by atoms with Gasteiger partial charge in [-0.25, -0.2) is 4.79 Å². The largest absolute Gasteiger partial charge is 0.507 e. The van der Waals surface area contributed by atoms with Crippen molar-refractivity contribution in [2.45, 2.75) is 6.54 Å². The van der Waals surface area contributed by atoms with Crippen LogP contribution in [0.4, 0.5) is 0 Å². The zero-order chi connectivity index (χ0) is 10.0. The summed E-state index contributed by atoms with van der Waals surface area (Å²) in [6, 6.07) is 2.61. The van der Waals surface area contributed by atoms with Gasteiger partial charge in [-0.3, -0.25) is 0 Å². The predicted molar refractivity (Wildman–Crippen MR) is 55.2 cm³/mol. The van der Waals surface area contributed by atoms with Gasteiger partial charge in [-0.15, -0.1) is 12.4 Å². The van der Waals surface area contributed by atoms with Crippen LogP contribution in [0.15, 0.2) is 12.1 Å². The Labute approximate surface area is 91.7 Å². The maximum Gasteiger partial charge on any atom is 0.339 e. The molecule has 14 heavy (non-hydrogen) atoms. The zero-order valence-corrected chi connectivity index (χ0v) is 8.60. The first-order valence-corrected chi connectivity index (χ1v) is 3.88. The monoisotopic (exact) mass is 237 g/mol. The number of halogens is 2. The number of carbonyl (C=O) groups is 1. The molecule has 0 saturated carbocycles. The molecule has 0 aliphatic rings. The van der Waals surface area contributed by atoms with Gasteiger partial charge in [-0.05, 0) is 12.1 Å². The number of carboxylic acids is 1. The van der Waals surface area contributed by atoms with Crippen molar-refractivity contribution >= 4 is 30.0 Å². The highest BCUT2D eigenvalue weighted by atomic mass is 35.5. The van der Waals surface area contributed by atoms with Gasteiger partial charge in [0.25, 0.3) is 0 Å². The van der Waals surface area contributed by atoms with E-state index in [1.165, 1.54) is 12.1 Å². The summed E-state index contributed by atoms with van der Waals surface area (Å²) < 4.78 is 0. The highest BCUT2D eigenvalue weighted by molar-refractivity contribution is 6.31. The lowest BCUT2D eigenvalue weighted by atomic mass is 10.1. The van der Waals surface area contributed by atoms with Gasteiger partial charge in [0, 0.05) is 17.1 Å². The van der Waals surface area contributed by atoms with E-state index < -0.39 is 5.97 Å². The van der Waals surface area contributed by atoms with Crippen LogP contribution in [-0.4, -0.2) is 16.2 Å². The van der Waals surface area contributed by atoms with Gasteiger partial charge in [-0.1, -0.05) is 11.6 Å². The lowest BCUT2D eigenvalue weighted by Gasteiger charge is -2.05. The first kappa shape index (κ1) is 13.0. The molecule has 0 saturated heterocycles. The molecule has 1 rings (SSSR count). The average Bonchev–Trinajstić information content (AvgIpc) is 2.08. The van der Waals surface area contributed by atoms with Gasteiger partial charge in [0.2, 0.25) is 0 Å². The summed E-state index contributed by atoms with van der Waals surface area (Å²) in [6.07, 6.45) is 0. The fraction of sp³-hybridized carbons (Fsp3) is 0.125. The molecule has 4 N–H and O–H groups in total. The minimum Gasteiger partial charge on any atom is -0.507 e. The van der Waals surface area contributed by atoms with E-state index in [0.29, 0.717) is 5.56 Å². The van der Waals surface area contributed by atoms with Crippen LogP contribution in [-0.2, 0) is 6.54 Å². The molecule has 0 bridgehead atoms. The van der Waals surface area contributed by atoms with Crippen LogP contribution in [0.5, 0.6) is 5.75 Å². The summed E-state index contributed by atoms with van der Waals surface area (Å²) >= 11 is 5.61. The molecule has 0 atom stereocenters. The number of aromatic hydroxyl groups is 1. The van der Waals surface area contributed by atoms with Crippen molar-refractivity contribution < 1.29 is 15.0 Å². The van der Waals surface area contributed by atoms with Crippen LogP contribution in [0.1, 0.15) is 15.9 Å². The smallest absolute Gasteiger partial charge is 0.339 e. The Morgan fingerprint density at radius 2 is 2.07 bits per heavy atom. The fourth-order valence-electron chi connectivity index (χ4n) is 0.974. The molecule has 1 aromatic carbocycles. The lowest BCUT2D eigenvalue weighted by molar-refractivity contribution is 0.0693. The standard InChI is InChI=1S/C8H8ClNO3.ClH/c9-5-1-4(3-10)7(11)6(2-5)8(12)13;/h1-2,11H,3,10H2,(H,12,13);1H. The maximum atomic E-state index is 10.6. The van der Waals surface area contributed by atoms with Crippen LogP contribution in [0.25, 0.3) is 0 Å². The molecule has 0 heterocycles. The molecule has 6 heteroatoms. The van der Waals surface area contributed by atoms with Gasteiger partial charge >= 0.3 is 5.97 Å². The highest BCUT2D eigenvalue weighted by Gasteiger charge is 2.13. The number of nitrogens with two attached hydrogens (primary N) is 1. The Kier molecular flexibility index (Phi) is 4.70. The number of hydrogen-bond donors (Lipinski definition) is 3. The number of benzene rings is 1. The molecule has 0 aliphatic carbocycles. The van der Waals surface area contributed by atoms with E-state index in [9.17, 15) is 9.90 Å². The first-order valence-electron chi connectivity index (χ1n) is 3.51. The molecule has 0 aromatic heterocycles. The number of rotatable bonds is 2. The Morgan fingerprint density at radius 1 is 1.50 bits per heavy atom. The molecule has 0 fully saturated rings. The Morgan fingerprint density at radius 3 is 2.50 bits per heavy atom. The Hall–Kier alpha value is -0.970. The van der Waals surface area contributed by atoms with Crippen molar-refractivity contribution in [2.75, 3.05) is 0 Å². The second kappa shape index (κ2) is 5.05. The van der Waals surface area contributed by atoms with Crippen molar-refractivity contribution in [1.82, 2.24) is 0 Å². The third-order valence-corrected chi connectivity index (χ3v) is 1.82. The number of carboxylic acid groups (broad SMARTS) is 1. The highest BCUT2D eigenvalue weighted by Crippen LogP contribution is 2.26. The van der Waals surface area contributed by atoms with Gasteiger partial charge in [0.15, 0.2) is 0 Å². The summed E-state index contributed by atoms with van der Waals surface area (Å²) in [5.74, 6) is -1.55. The molecular formula is C8H9Cl2NO3. The van der Waals surface area contributed by atoms with E-state index in [-0.39, 0.29) is 35.3 Å². The minimum absolute atomic E-state index is 0. The Bertz CT molecular complexity index is 355. The van der Waals surface area contributed by atoms with Crippen molar-refractivity contribution in [3.8, 4) is 5.75 Å². The molecule has 0 aliphatic heterocycles. The van der Waals surface area contributed by atoms with Crippen molar-refractivity contribution in [2.24, 2.45) is 5.73 Å². The van der Waals surface area contributed by atoms with Crippen LogP contribution in [0, 0.1) is 0 Å². The second-order valence-corrected chi connectivity index (χ2v) is 2.91. The van der Waals surface area contributed by atoms with E-state index in [4.69, 9.17) is 22.4 Å². The van der Waals surface area contributed by atoms with Crippen LogP contribution >= 0.6 is 24.0 Å². The molecule has 0 unspecified atom stereocenters. The maximum absolute atomic E-state index is 10.6. The summed E-state index contributed by atoms with van der Waals surface area (Å²) in [5, 5.41) is 18.3. The predicted octanol–water partition coefficient (Wildman–Crippen LogP) is 1.62. The van der Waals surface area contributed by atoms with E-state index in [1.807, 2.05) is 0 Å². The van der Waals surface area contributed by atoms with Crippen molar-refractivity contribution in [3.63, 3.8) is 0 Å². The second-order valence-electron chi connectivity index (χ2n) is 2.47. The average molecular weight is 238 g/mol. The number of hydrogen-bond acceptors (Lipinski definition) is 3. The van der Waals surface area contributed by atoms with Gasteiger partial charge in [-0.2, -0.15) is 0 Å². The molecule has 0 amide bonds. The SMILES string of the molecule is Cl.NCc1cc(Cl)cc(C(=O)O)c1O. The number of aromatic carboxylic acids is 1. The topological polar surface area (TPSA) is 83.6 Å². The van der Waals surface area contributed by atoms with E-state index in [0.717, 1.165) is 0 Å². The molecule has 78 valence electrons. The van der Waals surface area contributed by atoms with Gasteiger partial charge in [0.05, 0.1) is 0 Å². The van der Waals surface area contributed by atoms with Crippen molar-refractivity contribution in [3.05, 3.63) is 28.3 Å². The van der Waals surface area contributed by atoms with Crippen LogP contribution < -0.4 is 5.73 Å². The summed E-state index contributed by atoms with van der Waals surface area (Å²) in [4.78, 5) is 10.6. The summed E-state index contributed by atoms with van der Waals surface area (Å²) in [5.41, 5.74) is 5.37. The minimum atomic E-state index is -1.23. The van der Waals surface area contributed by atoms with Crippen molar-refractivity contribution in [1.29, 1.82) is 0 Å². The summed E-state index contributed by atoms with van der Waals surface area (Å²) in [7, 11) is 0. The normalized spacial score (nSPS) is 9.29. The van der Waals surface area contributed by atoms with Gasteiger partial charge < -0.3 is 15.9 Å². The van der Waals surface area contributed by atoms with Crippen LogP contribution in [0.3, 0.4) is 0 Å². The van der Waals surface area contributed by atoms with E-state index >= 15 is 0 Å². The summed E-state index contributed by atoms with van der Waals surface area (Å²) in [6.45, 7) is 0.0483. The third kappa shape index (κ3) is 2.51. The molecule has 0 radical (unpaired) electrons. The molecular weight excluding hydrogens is 229 g/mol. The van der Waals surface area contributed by atoms with E-state index in [2.05, 4.69) is 0 Å². The number of phenols is 1. The Balaban J connectivity index is 0.00000169. The quantitative estimate of drug-likeness (QED) is 0.730. The van der Waals surface area contributed by atoms with Gasteiger partial charge in [0.1, 0.15) is 11.3 Å². The van der Waals surface area contributed by atoms with E-state index in [1.54, 1.807) is 0 Å². The molecule has 1 aromatic rings. The molecule has 4 nitrogen and oxygen atoms in total.